The lowest BCUT2D eigenvalue weighted by molar-refractivity contribution is -0.387. The number of halogens is 3. The predicted molar refractivity (Wildman–Crippen MR) is 97.6 cm³/mol. The number of amides is 1. The van der Waals surface area contributed by atoms with Crippen LogP contribution in [0.25, 0.3) is 0 Å². The van der Waals surface area contributed by atoms with Crippen molar-refractivity contribution in [1.82, 2.24) is 14.8 Å². The van der Waals surface area contributed by atoms with Gasteiger partial charge in [0.15, 0.2) is 5.16 Å². The van der Waals surface area contributed by atoms with Crippen molar-refractivity contribution in [3.8, 4) is 0 Å². The van der Waals surface area contributed by atoms with Gasteiger partial charge < -0.3 is 9.88 Å². The molecule has 1 heterocycles. The number of nitrogens with one attached hydrogen (secondary N) is 1. The lowest BCUT2D eigenvalue weighted by Crippen LogP contribution is -2.13. The number of hydrogen-bond donors (Lipinski definition) is 1. The van der Waals surface area contributed by atoms with E-state index < -0.39 is 22.6 Å². The van der Waals surface area contributed by atoms with Gasteiger partial charge >= 0.3 is 6.18 Å². The number of benzene rings is 2. The molecule has 0 saturated carbocycles. The number of nitro benzene ring substituents is 1. The molecule has 1 aromatic heterocycles. The number of anilines is 1. The summed E-state index contributed by atoms with van der Waals surface area (Å²) in [4.78, 5) is 23.4. The first-order valence-electron chi connectivity index (χ1n) is 7.94. The number of nitro groups is 1. The first-order chi connectivity index (χ1) is 13.6. The van der Waals surface area contributed by atoms with Crippen LogP contribution in [0.2, 0.25) is 0 Å². The first kappa shape index (κ1) is 20.3. The second kappa shape index (κ2) is 7.91. The second-order valence-electron chi connectivity index (χ2n) is 5.80. The molecular weight excluding hydrogens is 411 g/mol. The average Bonchev–Trinajstić information content (AvgIpc) is 3.06. The molecule has 12 heteroatoms. The second-order valence-corrected chi connectivity index (χ2v) is 6.80. The largest absolute Gasteiger partial charge is 0.416 e. The van der Waals surface area contributed by atoms with Crippen molar-refractivity contribution >= 4 is 29.0 Å². The van der Waals surface area contributed by atoms with Gasteiger partial charge in [-0.25, -0.2) is 0 Å². The fourth-order valence-corrected chi connectivity index (χ4v) is 3.15. The number of hydrogen-bond acceptors (Lipinski definition) is 6. The molecular formula is C17H12F3N5O3S. The summed E-state index contributed by atoms with van der Waals surface area (Å²) < 4.78 is 39.4. The Morgan fingerprint density at radius 1 is 1.21 bits per heavy atom. The maximum Gasteiger partial charge on any atom is 0.416 e. The van der Waals surface area contributed by atoms with Crippen molar-refractivity contribution in [2.75, 3.05) is 5.32 Å². The molecule has 0 saturated heterocycles. The normalized spacial score (nSPS) is 11.3. The summed E-state index contributed by atoms with van der Waals surface area (Å²) >= 11 is 1.01. The van der Waals surface area contributed by atoms with Crippen LogP contribution in [-0.4, -0.2) is 25.6 Å². The lowest BCUT2D eigenvalue weighted by Gasteiger charge is -2.09. The number of aryl methyl sites for hydroxylation is 1. The zero-order chi connectivity index (χ0) is 21.2. The van der Waals surface area contributed by atoms with E-state index in [9.17, 15) is 28.1 Å². The zero-order valence-corrected chi connectivity index (χ0v) is 15.5. The topological polar surface area (TPSA) is 103 Å². The van der Waals surface area contributed by atoms with Crippen molar-refractivity contribution in [1.29, 1.82) is 0 Å². The van der Waals surface area contributed by atoms with Gasteiger partial charge in [-0.3, -0.25) is 14.9 Å². The molecule has 150 valence electrons. The average molecular weight is 423 g/mol. The van der Waals surface area contributed by atoms with Crippen molar-refractivity contribution in [3.63, 3.8) is 0 Å². The quantitative estimate of drug-likeness (QED) is 0.489. The third kappa shape index (κ3) is 4.71. The number of carbonyl (C=O) groups excluding carboxylic acids is 1. The maximum absolute atomic E-state index is 12.6. The van der Waals surface area contributed by atoms with E-state index in [0.29, 0.717) is 5.16 Å². The summed E-state index contributed by atoms with van der Waals surface area (Å²) in [7, 11) is 1.68. The van der Waals surface area contributed by atoms with E-state index in [1.807, 2.05) is 0 Å². The van der Waals surface area contributed by atoms with Crippen LogP contribution in [0.1, 0.15) is 15.9 Å². The highest BCUT2D eigenvalue weighted by Gasteiger charge is 2.30. The summed E-state index contributed by atoms with van der Waals surface area (Å²) in [5.74, 6) is -0.692. The Balaban J connectivity index is 1.81. The smallest absolute Gasteiger partial charge is 0.322 e. The Bertz CT molecular complexity index is 1070. The van der Waals surface area contributed by atoms with Gasteiger partial charge in [-0.05, 0) is 48.2 Å². The summed E-state index contributed by atoms with van der Waals surface area (Å²) in [6.45, 7) is 0. The summed E-state index contributed by atoms with van der Waals surface area (Å²) in [6.07, 6.45) is -3.04. The third-order valence-corrected chi connectivity index (χ3v) is 4.88. The fraction of sp³-hybridized carbons (Fsp3) is 0.118. The summed E-state index contributed by atoms with van der Waals surface area (Å²) in [5.41, 5.74) is -1.04. The molecule has 0 bridgehead atoms. The van der Waals surface area contributed by atoms with Gasteiger partial charge in [-0.2, -0.15) is 13.2 Å². The number of carbonyl (C=O) groups is 1. The van der Waals surface area contributed by atoms with Gasteiger partial charge in [0.05, 0.1) is 15.4 Å². The van der Waals surface area contributed by atoms with Crippen molar-refractivity contribution in [3.05, 3.63) is 70.0 Å². The highest BCUT2D eigenvalue weighted by Crippen LogP contribution is 2.34. The standard InChI is InChI=1S/C17H12F3N5O3S/c1-24-9-21-23-16(24)29-14-7-2-10(8-13(14)25(27)28)15(26)22-12-5-3-11(4-6-12)17(18,19)20/h2-9H,1H3,(H,22,26). The van der Waals surface area contributed by atoms with Crippen LogP contribution in [0.3, 0.4) is 0 Å². The molecule has 0 atom stereocenters. The molecule has 0 aliphatic heterocycles. The molecule has 8 nitrogen and oxygen atoms in total. The molecule has 0 spiro atoms. The minimum absolute atomic E-state index is 0.0149. The Morgan fingerprint density at radius 2 is 1.90 bits per heavy atom. The molecule has 0 aliphatic rings. The minimum atomic E-state index is -4.49. The van der Waals surface area contributed by atoms with Crippen molar-refractivity contribution < 1.29 is 22.9 Å². The first-order valence-corrected chi connectivity index (χ1v) is 8.75. The summed E-state index contributed by atoms with van der Waals surface area (Å²) in [5, 5.41) is 21.8. The van der Waals surface area contributed by atoms with Crippen LogP contribution in [-0.2, 0) is 13.2 Å². The van der Waals surface area contributed by atoms with E-state index in [1.165, 1.54) is 18.5 Å². The number of aromatic nitrogens is 3. The van der Waals surface area contributed by atoms with E-state index in [0.717, 1.165) is 42.1 Å². The van der Waals surface area contributed by atoms with Crippen molar-refractivity contribution in [2.24, 2.45) is 7.05 Å². The lowest BCUT2D eigenvalue weighted by atomic mass is 10.1. The Kier molecular flexibility index (Phi) is 5.55. The molecule has 0 fully saturated rings. The van der Waals surface area contributed by atoms with Gasteiger partial charge in [0, 0.05) is 24.4 Å². The Morgan fingerprint density at radius 3 is 2.45 bits per heavy atom. The molecule has 0 aliphatic carbocycles. The monoisotopic (exact) mass is 423 g/mol. The Hall–Kier alpha value is -3.41. The molecule has 1 amide bonds. The maximum atomic E-state index is 12.6. The Labute approximate surface area is 165 Å². The van der Waals surface area contributed by atoms with E-state index in [4.69, 9.17) is 0 Å². The number of alkyl halides is 3. The van der Waals surface area contributed by atoms with E-state index in [-0.39, 0.29) is 21.8 Å². The van der Waals surface area contributed by atoms with Crippen LogP contribution < -0.4 is 5.32 Å². The van der Waals surface area contributed by atoms with Crippen LogP contribution in [0.4, 0.5) is 24.5 Å². The minimum Gasteiger partial charge on any atom is -0.322 e. The van der Waals surface area contributed by atoms with Crippen molar-refractivity contribution in [2.45, 2.75) is 16.2 Å². The molecule has 3 rings (SSSR count). The van der Waals surface area contributed by atoms with Gasteiger partial charge in [0.2, 0.25) is 0 Å². The summed E-state index contributed by atoms with van der Waals surface area (Å²) in [6, 6.07) is 7.75. The molecule has 29 heavy (non-hydrogen) atoms. The van der Waals surface area contributed by atoms with Gasteiger partial charge in [0.1, 0.15) is 6.33 Å². The molecule has 0 radical (unpaired) electrons. The van der Waals surface area contributed by atoms with Crippen LogP contribution in [0.15, 0.2) is 58.8 Å². The van der Waals surface area contributed by atoms with E-state index >= 15 is 0 Å². The highest BCUT2D eigenvalue weighted by atomic mass is 32.2. The van der Waals surface area contributed by atoms with E-state index in [2.05, 4.69) is 15.5 Å². The SMILES string of the molecule is Cn1cnnc1Sc1ccc(C(=O)Nc2ccc(C(F)(F)F)cc2)cc1[N+](=O)[O-]. The zero-order valence-electron chi connectivity index (χ0n) is 14.7. The highest BCUT2D eigenvalue weighted by molar-refractivity contribution is 7.99. The van der Waals surface area contributed by atoms with Gasteiger partial charge in [0.25, 0.3) is 11.6 Å². The van der Waals surface area contributed by atoms with Gasteiger partial charge in [-0.15, -0.1) is 10.2 Å². The number of rotatable bonds is 5. The van der Waals surface area contributed by atoms with Crippen LogP contribution in [0.5, 0.6) is 0 Å². The third-order valence-electron chi connectivity index (χ3n) is 3.76. The predicted octanol–water partition coefficient (Wildman–Crippen LogP) is 4.15. The van der Waals surface area contributed by atoms with Gasteiger partial charge in [-0.1, -0.05) is 0 Å². The molecule has 1 N–H and O–H groups in total. The molecule has 3 aromatic rings. The van der Waals surface area contributed by atoms with Crippen LogP contribution >= 0.6 is 11.8 Å². The van der Waals surface area contributed by atoms with Crippen LogP contribution in [0, 0.1) is 10.1 Å². The fourth-order valence-electron chi connectivity index (χ4n) is 2.30. The van der Waals surface area contributed by atoms with E-state index in [1.54, 1.807) is 11.6 Å². The molecule has 0 unspecified atom stereocenters. The number of nitrogens with zero attached hydrogens (tertiary/aromatic N) is 4. The molecule has 2 aromatic carbocycles.